The smallest absolute Gasteiger partial charge is 0.147 e. The molecule has 0 heterocycles. The molecule has 0 spiro atoms. The Morgan fingerprint density at radius 3 is 2.48 bits per heavy atom. The van der Waals surface area contributed by atoms with Gasteiger partial charge in [-0.05, 0) is 37.5 Å². The van der Waals surface area contributed by atoms with Crippen LogP contribution in [0.5, 0.6) is 5.75 Å². The summed E-state index contributed by atoms with van der Waals surface area (Å²) in [6.45, 7) is 6.09. The Kier molecular flexibility index (Phi) is 7.28. The minimum atomic E-state index is -0.889. The Balaban J connectivity index is 2.87. The van der Waals surface area contributed by atoms with Crippen LogP contribution in [0.3, 0.4) is 0 Å². The first kappa shape index (κ1) is 17.6. The van der Waals surface area contributed by atoms with E-state index in [0.717, 1.165) is 24.8 Å². The zero-order valence-electron chi connectivity index (χ0n) is 13.4. The second kappa shape index (κ2) is 8.71. The molecule has 0 aromatic heterocycles. The Labute approximate surface area is 128 Å². The van der Waals surface area contributed by atoms with Crippen molar-refractivity contribution in [1.29, 1.82) is 0 Å². The zero-order chi connectivity index (χ0) is 15.7. The molecule has 1 aromatic carbocycles. The van der Waals surface area contributed by atoms with E-state index in [9.17, 15) is 5.11 Å². The van der Waals surface area contributed by atoms with Gasteiger partial charge in [-0.3, -0.25) is 5.73 Å². The molecular formula is C18H27NO2. The van der Waals surface area contributed by atoms with E-state index < -0.39 is 5.60 Å². The van der Waals surface area contributed by atoms with E-state index in [2.05, 4.69) is 25.7 Å². The van der Waals surface area contributed by atoms with Crippen LogP contribution in [-0.2, 0) is 0 Å². The highest BCUT2D eigenvalue weighted by atomic mass is 16.5. The lowest BCUT2D eigenvalue weighted by Gasteiger charge is -2.20. The lowest BCUT2D eigenvalue weighted by molar-refractivity contribution is 0.0807. The number of ether oxygens (including phenoxy) is 1. The molecule has 116 valence electrons. The van der Waals surface area contributed by atoms with Crippen molar-refractivity contribution in [2.75, 3.05) is 0 Å². The van der Waals surface area contributed by atoms with Crippen molar-refractivity contribution in [3.8, 4) is 17.6 Å². The second-order valence-electron chi connectivity index (χ2n) is 5.37. The maximum atomic E-state index is 10.5. The van der Waals surface area contributed by atoms with Gasteiger partial charge in [0.2, 0.25) is 0 Å². The summed E-state index contributed by atoms with van der Waals surface area (Å²) in [5.74, 6) is 6.81. The highest BCUT2D eigenvalue weighted by Crippen LogP contribution is 2.19. The van der Waals surface area contributed by atoms with Gasteiger partial charge in [-0.2, -0.15) is 0 Å². The minimum Gasteiger partial charge on any atom is -0.476 e. The Morgan fingerprint density at radius 1 is 1.24 bits per heavy atom. The van der Waals surface area contributed by atoms with Gasteiger partial charge >= 0.3 is 0 Å². The van der Waals surface area contributed by atoms with Crippen LogP contribution >= 0.6 is 0 Å². The van der Waals surface area contributed by atoms with E-state index in [4.69, 9.17) is 10.5 Å². The quantitative estimate of drug-likeness (QED) is 0.597. The summed E-state index contributed by atoms with van der Waals surface area (Å²) in [4.78, 5) is 0. The molecule has 0 saturated heterocycles. The zero-order valence-corrected chi connectivity index (χ0v) is 13.4. The first-order valence-corrected chi connectivity index (χ1v) is 7.80. The normalized spacial score (nSPS) is 12.4. The lowest BCUT2D eigenvalue weighted by Crippen LogP contribution is -2.26. The van der Waals surface area contributed by atoms with E-state index in [0.29, 0.717) is 18.6 Å². The molecule has 21 heavy (non-hydrogen) atoms. The number of nitrogens with two attached hydrogens (primary N) is 1. The fraction of sp³-hybridized carbons (Fsp3) is 0.556. The molecule has 3 heteroatoms. The van der Waals surface area contributed by atoms with Crippen molar-refractivity contribution < 1.29 is 9.84 Å². The predicted octanol–water partition coefficient (Wildman–Crippen LogP) is 3.44. The molecule has 0 aliphatic carbocycles. The van der Waals surface area contributed by atoms with Gasteiger partial charge in [0.25, 0.3) is 0 Å². The summed E-state index contributed by atoms with van der Waals surface area (Å²) in [6, 6.07) is 7.53. The van der Waals surface area contributed by atoms with E-state index in [1.54, 1.807) is 0 Å². The monoisotopic (exact) mass is 289 g/mol. The standard InChI is InChI=1S/C18H27NO2/c1-4-11-18(20,12-5-2)13-10-15-8-7-9-16(14-15)21-17(19)6-3/h7-9,14,17,20H,4-6,11-12,19H2,1-3H3. The highest BCUT2D eigenvalue weighted by molar-refractivity contribution is 5.41. The van der Waals surface area contributed by atoms with Crippen LogP contribution in [0, 0.1) is 11.8 Å². The number of aliphatic hydroxyl groups is 1. The van der Waals surface area contributed by atoms with Crippen LogP contribution in [-0.4, -0.2) is 16.9 Å². The molecule has 0 aliphatic rings. The van der Waals surface area contributed by atoms with Gasteiger partial charge in [0.15, 0.2) is 0 Å². The first-order chi connectivity index (χ1) is 10.0. The maximum Gasteiger partial charge on any atom is 0.147 e. The van der Waals surface area contributed by atoms with Crippen molar-refractivity contribution >= 4 is 0 Å². The van der Waals surface area contributed by atoms with Crippen LogP contribution in [0.15, 0.2) is 24.3 Å². The van der Waals surface area contributed by atoms with Gasteiger partial charge in [0.05, 0.1) is 0 Å². The third-order valence-corrected chi connectivity index (χ3v) is 3.29. The van der Waals surface area contributed by atoms with Crippen LogP contribution in [0.4, 0.5) is 0 Å². The average Bonchev–Trinajstić information content (AvgIpc) is 2.46. The lowest BCUT2D eigenvalue weighted by atomic mass is 9.93. The van der Waals surface area contributed by atoms with Gasteiger partial charge in [-0.1, -0.05) is 51.5 Å². The fourth-order valence-electron chi connectivity index (χ4n) is 2.17. The number of hydrogen-bond donors (Lipinski definition) is 2. The van der Waals surface area contributed by atoms with Gasteiger partial charge in [0.1, 0.15) is 17.6 Å². The molecule has 0 fully saturated rings. The Morgan fingerprint density at radius 2 is 1.90 bits per heavy atom. The summed E-state index contributed by atoms with van der Waals surface area (Å²) in [5.41, 5.74) is 5.73. The highest BCUT2D eigenvalue weighted by Gasteiger charge is 2.21. The largest absolute Gasteiger partial charge is 0.476 e. The molecular weight excluding hydrogens is 262 g/mol. The van der Waals surface area contributed by atoms with E-state index in [1.807, 2.05) is 31.2 Å². The molecule has 1 rings (SSSR count). The summed E-state index contributed by atoms with van der Waals surface area (Å²) < 4.78 is 5.58. The molecule has 0 amide bonds. The molecule has 0 saturated carbocycles. The van der Waals surface area contributed by atoms with Crippen molar-refractivity contribution in [3.05, 3.63) is 29.8 Å². The summed E-state index contributed by atoms with van der Waals surface area (Å²) in [6.07, 6.45) is 3.68. The molecule has 3 nitrogen and oxygen atoms in total. The molecule has 0 bridgehead atoms. The maximum absolute atomic E-state index is 10.5. The molecule has 1 atom stereocenters. The van der Waals surface area contributed by atoms with Gasteiger partial charge in [-0.25, -0.2) is 0 Å². The summed E-state index contributed by atoms with van der Waals surface area (Å²) in [5, 5.41) is 10.5. The van der Waals surface area contributed by atoms with Crippen molar-refractivity contribution in [1.82, 2.24) is 0 Å². The molecule has 1 unspecified atom stereocenters. The van der Waals surface area contributed by atoms with E-state index in [1.165, 1.54) is 0 Å². The topological polar surface area (TPSA) is 55.5 Å². The third-order valence-electron chi connectivity index (χ3n) is 3.29. The summed E-state index contributed by atoms with van der Waals surface area (Å²) >= 11 is 0. The number of rotatable bonds is 7. The minimum absolute atomic E-state index is 0.301. The van der Waals surface area contributed by atoms with Crippen molar-refractivity contribution in [2.24, 2.45) is 5.73 Å². The number of benzene rings is 1. The molecule has 0 aliphatic heterocycles. The molecule has 3 N–H and O–H groups in total. The first-order valence-electron chi connectivity index (χ1n) is 7.80. The van der Waals surface area contributed by atoms with E-state index >= 15 is 0 Å². The van der Waals surface area contributed by atoms with E-state index in [-0.39, 0.29) is 6.23 Å². The number of hydrogen-bond acceptors (Lipinski definition) is 3. The average molecular weight is 289 g/mol. The van der Waals surface area contributed by atoms with Crippen LogP contribution in [0.25, 0.3) is 0 Å². The summed E-state index contributed by atoms with van der Waals surface area (Å²) in [7, 11) is 0. The second-order valence-corrected chi connectivity index (χ2v) is 5.37. The third kappa shape index (κ3) is 6.20. The van der Waals surface area contributed by atoms with Crippen molar-refractivity contribution in [2.45, 2.75) is 64.7 Å². The van der Waals surface area contributed by atoms with Gasteiger partial charge < -0.3 is 9.84 Å². The van der Waals surface area contributed by atoms with Gasteiger partial charge in [-0.15, -0.1) is 0 Å². The van der Waals surface area contributed by atoms with Crippen LogP contribution in [0.1, 0.15) is 58.4 Å². The van der Waals surface area contributed by atoms with Gasteiger partial charge in [0, 0.05) is 5.56 Å². The fourth-order valence-corrected chi connectivity index (χ4v) is 2.17. The molecule has 0 radical (unpaired) electrons. The van der Waals surface area contributed by atoms with Crippen molar-refractivity contribution in [3.63, 3.8) is 0 Å². The predicted molar refractivity (Wildman–Crippen MR) is 87.0 cm³/mol. The van der Waals surface area contributed by atoms with Crippen LogP contribution in [0.2, 0.25) is 0 Å². The Bertz CT molecular complexity index is 481. The Hall–Kier alpha value is -1.50. The SMILES string of the molecule is CCCC(O)(C#Cc1cccc(OC(N)CC)c1)CCC. The van der Waals surface area contributed by atoms with Crippen LogP contribution < -0.4 is 10.5 Å². The molecule has 1 aromatic rings.